The SMILES string of the molecule is NCC=Cc1ccc(F)c(C(=O)O)c1. The second-order valence-electron chi connectivity index (χ2n) is 2.68. The molecule has 0 fully saturated rings. The molecule has 0 saturated heterocycles. The van der Waals surface area contributed by atoms with Crippen LogP contribution in [0, 0.1) is 5.82 Å². The molecule has 0 amide bonds. The van der Waals surface area contributed by atoms with Crippen molar-refractivity contribution in [1.82, 2.24) is 0 Å². The number of carboxylic acids is 1. The normalized spacial score (nSPS) is 10.7. The molecule has 0 aromatic heterocycles. The molecule has 4 heteroatoms. The predicted molar refractivity (Wildman–Crippen MR) is 51.4 cm³/mol. The maximum atomic E-state index is 12.9. The smallest absolute Gasteiger partial charge is 0.338 e. The zero-order valence-corrected chi connectivity index (χ0v) is 7.40. The molecule has 0 bridgehead atoms. The molecule has 3 N–H and O–H groups in total. The van der Waals surface area contributed by atoms with E-state index in [-0.39, 0.29) is 5.56 Å². The van der Waals surface area contributed by atoms with Gasteiger partial charge in [-0.2, -0.15) is 0 Å². The van der Waals surface area contributed by atoms with E-state index < -0.39 is 11.8 Å². The first-order valence-electron chi connectivity index (χ1n) is 4.04. The fraction of sp³-hybridized carbons (Fsp3) is 0.100. The molecular weight excluding hydrogens is 185 g/mol. The quantitative estimate of drug-likeness (QED) is 0.768. The summed E-state index contributed by atoms with van der Waals surface area (Å²) in [5, 5.41) is 8.63. The molecule has 1 rings (SSSR count). The lowest BCUT2D eigenvalue weighted by atomic mass is 10.1. The van der Waals surface area contributed by atoms with Crippen LogP contribution in [0.15, 0.2) is 24.3 Å². The number of carbonyl (C=O) groups is 1. The maximum absolute atomic E-state index is 12.9. The van der Waals surface area contributed by atoms with Crippen molar-refractivity contribution in [2.75, 3.05) is 6.54 Å². The molecule has 14 heavy (non-hydrogen) atoms. The number of halogens is 1. The van der Waals surface area contributed by atoms with E-state index in [2.05, 4.69) is 0 Å². The molecule has 0 saturated carbocycles. The summed E-state index contributed by atoms with van der Waals surface area (Å²) in [5.41, 5.74) is 5.52. The summed E-state index contributed by atoms with van der Waals surface area (Å²) in [7, 11) is 0. The van der Waals surface area contributed by atoms with Gasteiger partial charge in [0, 0.05) is 6.54 Å². The highest BCUT2D eigenvalue weighted by atomic mass is 19.1. The predicted octanol–water partition coefficient (Wildman–Crippen LogP) is 1.50. The minimum absolute atomic E-state index is 0.329. The maximum Gasteiger partial charge on any atom is 0.338 e. The van der Waals surface area contributed by atoms with Crippen LogP contribution < -0.4 is 5.73 Å². The summed E-state index contributed by atoms with van der Waals surface area (Å²) in [5.74, 6) is -2.01. The Bertz CT molecular complexity index is 374. The number of benzene rings is 1. The van der Waals surface area contributed by atoms with Gasteiger partial charge in [0.25, 0.3) is 0 Å². The van der Waals surface area contributed by atoms with Crippen LogP contribution in [-0.4, -0.2) is 17.6 Å². The number of rotatable bonds is 3. The van der Waals surface area contributed by atoms with E-state index in [0.29, 0.717) is 12.1 Å². The van der Waals surface area contributed by atoms with Gasteiger partial charge in [-0.3, -0.25) is 0 Å². The molecule has 0 atom stereocenters. The molecule has 1 aromatic rings. The van der Waals surface area contributed by atoms with Crippen LogP contribution in [0.1, 0.15) is 15.9 Å². The van der Waals surface area contributed by atoms with Crippen molar-refractivity contribution >= 4 is 12.0 Å². The van der Waals surface area contributed by atoms with Gasteiger partial charge < -0.3 is 10.8 Å². The number of hydrogen-bond donors (Lipinski definition) is 2. The molecule has 0 aliphatic carbocycles. The van der Waals surface area contributed by atoms with Crippen molar-refractivity contribution in [3.63, 3.8) is 0 Å². The lowest BCUT2D eigenvalue weighted by Crippen LogP contribution is -2.00. The van der Waals surface area contributed by atoms with E-state index in [1.807, 2.05) is 0 Å². The third kappa shape index (κ3) is 2.40. The summed E-state index contributed by atoms with van der Waals surface area (Å²) in [6.45, 7) is 0.361. The summed E-state index contributed by atoms with van der Waals surface area (Å²) < 4.78 is 12.9. The van der Waals surface area contributed by atoms with E-state index in [1.165, 1.54) is 12.1 Å². The Hall–Kier alpha value is -1.68. The Kier molecular flexibility index (Phi) is 3.36. The molecule has 0 aliphatic rings. The van der Waals surface area contributed by atoms with Crippen LogP contribution in [0.5, 0.6) is 0 Å². The Balaban J connectivity index is 3.06. The van der Waals surface area contributed by atoms with Crippen molar-refractivity contribution in [2.45, 2.75) is 0 Å². The molecule has 0 radical (unpaired) electrons. The van der Waals surface area contributed by atoms with Gasteiger partial charge in [0.05, 0.1) is 5.56 Å². The average Bonchev–Trinajstić information content (AvgIpc) is 2.16. The number of nitrogens with two attached hydrogens (primary N) is 1. The van der Waals surface area contributed by atoms with Crippen molar-refractivity contribution in [3.8, 4) is 0 Å². The summed E-state index contributed by atoms with van der Waals surface area (Å²) in [6.07, 6.45) is 3.31. The Morgan fingerprint density at radius 1 is 1.57 bits per heavy atom. The van der Waals surface area contributed by atoms with Crippen LogP contribution >= 0.6 is 0 Å². The average molecular weight is 195 g/mol. The van der Waals surface area contributed by atoms with Gasteiger partial charge in [0.2, 0.25) is 0 Å². The Morgan fingerprint density at radius 2 is 2.29 bits per heavy atom. The lowest BCUT2D eigenvalue weighted by Gasteiger charge is -1.98. The standard InChI is InChI=1S/C10H10FNO2/c11-9-4-3-7(2-1-5-12)6-8(9)10(13)14/h1-4,6H,5,12H2,(H,13,14). The highest BCUT2D eigenvalue weighted by Gasteiger charge is 2.09. The minimum atomic E-state index is -1.27. The number of hydrogen-bond acceptors (Lipinski definition) is 2. The van der Waals surface area contributed by atoms with E-state index >= 15 is 0 Å². The summed E-state index contributed by atoms with van der Waals surface area (Å²) >= 11 is 0. The Morgan fingerprint density at radius 3 is 2.86 bits per heavy atom. The second kappa shape index (κ2) is 4.53. The zero-order valence-electron chi connectivity index (χ0n) is 7.40. The summed E-state index contributed by atoms with van der Waals surface area (Å²) in [4.78, 5) is 10.6. The second-order valence-corrected chi connectivity index (χ2v) is 2.68. The molecule has 0 spiro atoms. The van der Waals surface area contributed by atoms with E-state index in [9.17, 15) is 9.18 Å². The topological polar surface area (TPSA) is 63.3 Å². The molecule has 0 aliphatic heterocycles. The first kappa shape index (κ1) is 10.4. The van der Waals surface area contributed by atoms with Gasteiger partial charge in [0.15, 0.2) is 0 Å². The molecule has 1 aromatic carbocycles. The van der Waals surface area contributed by atoms with Gasteiger partial charge >= 0.3 is 5.97 Å². The number of carboxylic acid groups (broad SMARTS) is 1. The molecule has 3 nitrogen and oxygen atoms in total. The number of aromatic carboxylic acids is 1. The highest BCUT2D eigenvalue weighted by molar-refractivity contribution is 5.88. The first-order chi connectivity index (χ1) is 6.65. The highest BCUT2D eigenvalue weighted by Crippen LogP contribution is 2.11. The van der Waals surface area contributed by atoms with Gasteiger partial charge in [-0.25, -0.2) is 9.18 Å². The van der Waals surface area contributed by atoms with Crippen LogP contribution in [0.2, 0.25) is 0 Å². The van der Waals surface area contributed by atoms with Gasteiger partial charge in [-0.15, -0.1) is 0 Å². The third-order valence-corrected chi connectivity index (χ3v) is 1.67. The first-order valence-corrected chi connectivity index (χ1v) is 4.04. The van der Waals surface area contributed by atoms with Crippen molar-refractivity contribution in [3.05, 3.63) is 41.2 Å². The van der Waals surface area contributed by atoms with Gasteiger partial charge in [0.1, 0.15) is 5.82 Å². The van der Waals surface area contributed by atoms with E-state index in [1.54, 1.807) is 12.2 Å². The van der Waals surface area contributed by atoms with Gasteiger partial charge in [-0.05, 0) is 17.7 Å². The molecule has 0 heterocycles. The minimum Gasteiger partial charge on any atom is -0.478 e. The largest absolute Gasteiger partial charge is 0.478 e. The van der Waals surface area contributed by atoms with E-state index in [0.717, 1.165) is 6.07 Å². The monoisotopic (exact) mass is 195 g/mol. The Labute approximate surface area is 80.7 Å². The van der Waals surface area contributed by atoms with Crippen LogP contribution in [0.4, 0.5) is 4.39 Å². The molecule has 74 valence electrons. The van der Waals surface area contributed by atoms with Crippen LogP contribution in [0.3, 0.4) is 0 Å². The molecular formula is C10H10FNO2. The fourth-order valence-corrected chi connectivity index (χ4v) is 1.01. The lowest BCUT2D eigenvalue weighted by molar-refractivity contribution is 0.0692. The summed E-state index contributed by atoms with van der Waals surface area (Å²) in [6, 6.07) is 3.89. The van der Waals surface area contributed by atoms with Crippen molar-refractivity contribution in [2.24, 2.45) is 5.73 Å². The van der Waals surface area contributed by atoms with Crippen molar-refractivity contribution < 1.29 is 14.3 Å². The van der Waals surface area contributed by atoms with Crippen molar-refractivity contribution in [1.29, 1.82) is 0 Å². The van der Waals surface area contributed by atoms with Crippen LogP contribution in [0.25, 0.3) is 6.08 Å². The third-order valence-electron chi connectivity index (χ3n) is 1.67. The fourth-order valence-electron chi connectivity index (χ4n) is 1.01. The zero-order chi connectivity index (χ0) is 10.6. The van der Waals surface area contributed by atoms with E-state index in [4.69, 9.17) is 10.8 Å². The van der Waals surface area contributed by atoms with Gasteiger partial charge in [-0.1, -0.05) is 18.2 Å². The van der Waals surface area contributed by atoms with Crippen LogP contribution in [-0.2, 0) is 0 Å². The molecule has 0 unspecified atom stereocenters.